The lowest BCUT2D eigenvalue weighted by atomic mass is 10.0. The molecular formula is C22H22N4O. The fourth-order valence-corrected chi connectivity index (χ4v) is 3.45. The summed E-state index contributed by atoms with van der Waals surface area (Å²) in [6.07, 6.45) is 5.06. The molecule has 2 aromatic carbocycles. The highest BCUT2D eigenvalue weighted by atomic mass is 16.2. The minimum absolute atomic E-state index is 0.00640. The Morgan fingerprint density at radius 3 is 2.59 bits per heavy atom. The van der Waals surface area contributed by atoms with Gasteiger partial charge in [0.05, 0.1) is 29.0 Å². The molecule has 1 aromatic heterocycles. The summed E-state index contributed by atoms with van der Waals surface area (Å²) in [5.41, 5.74) is 3.53. The van der Waals surface area contributed by atoms with Gasteiger partial charge in [0.15, 0.2) is 0 Å². The van der Waals surface area contributed by atoms with E-state index >= 15 is 0 Å². The smallest absolute Gasteiger partial charge is 0.247 e. The second-order valence-corrected chi connectivity index (χ2v) is 6.84. The Morgan fingerprint density at radius 1 is 1.04 bits per heavy atom. The number of para-hydroxylation sites is 2. The first kappa shape index (κ1) is 17.4. The first-order chi connectivity index (χ1) is 13.2. The summed E-state index contributed by atoms with van der Waals surface area (Å²) < 4.78 is 0. The van der Waals surface area contributed by atoms with Gasteiger partial charge in [0.2, 0.25) is 5.91 Å². The molecule has 5 nitrogen and oxygen atoms in total. The van der Waals surface area contributed by atoms with E-state index in [-0.39, 0.29) is 11.9 Å². The number of carbonyl (C=O) groups excluding carboxylic acids is 1. The third kappa shape index (κ3) is 3.88. The van der Waals surface area contributed by atoms with E-state index in [1.165, 1.54) is 0 Å². The molecule has 5 heteroatoms. The molecule has 1 atom stereocenters. The lowest BCUT2D eigenvalue weighted by Gasteiger charge is -2.39. The van der Waals surface area contributed by atoms with Crippen molar-refractivity contribution in [3.8, 4) is 0 Å². The second-order valence-electron chi connectivity index (χ2n) is 6.84. The minimum atomic E-state index is 0.00640. The highest BCUT2D eigenvalue weighted by Crippen LogP contribution is 2.25. The van der Waals surface area contributed by atoms with Crippen molar-refractivity contribution in [2.75, 3.05) is 26.7 Å². The van der Waals surface area contributed by atoms with Gasteiger partial charge in [0.1, 0.15) is 0 Å². The number of piperazine rings is 1. The fraction of sp³-hybridized carbons (Fsp3) is 0.227. The normalized spacial score (nSPS) is 18.3. The molecule has 27 heavy (non-hydrogen) atoms. The summed E-state index contributed by atoms with van der Waals surface area (Å²) in [5, 5.41) is 0. The van der Waals surface area contributed by atoms with Crippen LogP contribution in [0.2, 0.25) is 0 Å². The third-order valence-corrected chi connectivity index (χ3v) is 4.91. The molecule has 0 aliphatic carbocycles. The van der Waals surface area contributed by atoms with Crippen molar-refractivity contribution in [3.63, 3.8) is 0 Å². The Kier molecular flexibility index (Phi) is 4.94. The molecule has 1 fully saturated rings. The first-order valence-electron chi connectivity index (χ1n) is 9.15. The quantitative estimate of drug-likeness (QED) is 0.675. The summed E-state index contributed by atoms with van der Waals surface area (Å²) in [4.78, 5) is 26.1. The maximum Gasteiger partial charge on any atom is 0.247 e. The molecule has 3 aromatic rings. The van der Waals surface area contributed by atoms with E-state index in [9.17, 15) is 4.79 Å². The van der Waals surface area contributed by atoms with Crippen LogP contribution in [0.3, 0.4) is 0 Å². The van der Waals surface area contributed by atoms with Crippen LogP contribution >= 0.6 is 0 Å². The standard InChI is InChI=1S/C22H22N4O/c1-25-13-14-26(21(16-25)17-7-3-2-4-8-17)22(27)12-11-18-15-23-19-9-5-6-10-20(19)24-18/h2-12,15,21H,13-14,16H2,1H3/b12-11+. The van der Waals surface area contributed by atoms with Crippen molar-refractivity contribution in [1.29, 1.82) is 0 Å². The minimum Gasteiger partial charge on any atom is -0.330 e. The van der Waals surface area contributed by atoms with Gasteiger partial charge < -0.3 is 9.80 Å². The molecule has 0 spiro atoms. The Labute approximate surface area is 159 Å². The Morgan fingerprint density at radius 2 is 1.78 bits per heavy atom. The number of carbonyl (C=O) groups is 1. The Hall–Kier alpha value is -3.05. The molecule has 1 amide bonds. The van der Waals surface area contributed by atoms with E-state index in [2.05, 4.69) is 34.0 Å². The van der Waals surface area contributed by atoms with Gasteiger partial charge in [0.25, 0.3) is 0 Å². The van der Waals surface area contributed by atoms with Crippen molar-refractivity contribution in [3.05, 3.63) is 78.1 Å². The van der Waals surface area contributed by atoms with Crippen LogP contribution in [0.15, 0.2) is 66.9 Å². The van der Waals surface area contributed by atoms with Crippen LogP contribution in [-0.2, 0) is 4.79 Å². The highest BCUT2D eigenvalue weighted by molar-refractivity contribution is 5.92. The average molecular weight is 358 g/mol. The summed E-state index contributed by atoms with van der Waals surface area (Å²) in [6, 6.07) is 18.0. The SMILES string of the molecule is CN1CCN(C(=O)/C=C/c2cnc3ccccc3n2)C(c2ccccc2)C1. The zero-order chi connectivity index (χ0) is 18.6. The number of rotatable bonds is 3. The molecular weight excluding hydrogens is 336 g/mol. The van der Waals surface area contributed by atoms with E-state index in [1.54, 1.807) is 18.3 Å². The van der Waals surface area contributed by atoms with Gasteiger partial charge >= 0.3 is 0 Å². The summed E-state index contributed by atoms with van der Waals surface area (Å²) in [7, 11) is 2.10. The lowest BCUT2D eigenvalue weighted by molar-refractivity contribution is -0.130. The number of likely N-dealkylation sites (N-methyl/N-ethyl adjacent to an activating group) is 1. The van der Waals surface area contributed by atoms with Gasteiger partial charge in [-0.15, -0.1) is 0 Å². The van der Waals surface area contributed by atoms with Crippen LogP contribution in [0.4, 0.5) is 0 Å². The van der Waals surface area contributed by atoms with Crippen molar-refractivity contribution in [2.45, 2.75) is 6.04 Å². The van der Waals surface area contributed by atoms with Crippen LogP contribution in [0, 0.1) is 0 Å². The molecule has 0 saturated carbocycles. The molecule has 136 valence electrons. The van der Waals surface area contributed by atoms with E-state index in [0.717, 1.165) is 29.7 Å². The maximum atomic E-state index is 12.9. The molecule has 0 bridgehead atoms. The van der Waals surface area contributed by atoms with Gasteiger partial charge in [0, 0.05) is 25.7 Å². The predicted octanol–water partition coefficient (Wildman–Crippen LogP) is 3.16. The molecule has 1 unspecified atom stereocenters. The average Bonchev–Trinajstić information content (AvgIpc) is 2.72. The van der Waals surface area contributed by atoms with Crippen LogP contribution in [0.25, 0.3) is 17.1 Å². The number of benzene rings is 2. The fourth-order valence-electron chi connectivity index (χ4n) is 3.45. The maximum absolute atomic E-state index is 12.9. The van der Waals surface area contributed by atoms with E-state index in [0.29, 0.717) is 12.2 Å². The molecule has 1 saturated heterocycles. The zero-order valence-corrected chi connectivity index (χ0v) is 15.3. The van der Waals surface area contributed by atoms with Crippen molar-refractivity contribution in [2.24, 2.45) is 0 Å². The number of amides is 1. The van der Waals surface area contributed by atoms with Crippen molar-refractivity contribution in [1.82, 2.24) is 19.8 Å². The Bertz CT molecular complexity index is 970. The van der Waals surface area contributed by atoms with Gasteiger partial charge in [-0.1, -0.05) is 42.5 Å². The third-order valence-electron chi connectivity index (χ3n) is 4.91. The van der Waals surface area contributed by atoms with Crippen LogP contribution in [0.1, 0.15) is 17.3 Å². The van der Waals surface area contributed by atoms with Gasteiger partial charge in [-0.05, 0) is 30.8 Å². The van der Waals surface area contributed by atoms with E-state index in [4.69, 9.17) is 0 Å². The van der Waals surface area contributed by atoms with Gasteiger partial charge in [-0.2, -0.15) is 0 Å². The van der Waals surface area contributed by atoms with Crippen LogP contribution in [0.5, 0.6) is 0 Å². The zero-order valence-electron chi connectivity index (χ0n) is 15.3. The predicted molar refractivity (Wildman–Crippen MR) is 107 cm³/mol. The highest BCUT2D eigenvalue weighted by Gasteiger charge is 2.28. The molecule has 0 radical (unpaired) electrons. The molecule has 1 aliphatic heterocycles. The summed E-state index contributed by atoms with van der Waals surface area (Å²) >= 11 is 0. The first-order valence-corrected chi connectivity index (χ1v) is 9.15. The van der Waals surface area contributed by atoms with Gasteiger partial charge in [-0.3, -0.25) is 9.78 Å². The van der Waals surface area contributed by atoms with Crippen LogP contribution in [-0.4, -0.2) is 52.4 Å². The monoisotopic (exact) mass is 358 g/mol. The van der Waals surface area contributed by atoms with Crippen LogP contribution < -0.4 is 0 Å². The van der Waals surface area contributed by atoms with E-state index in [1.807, 2.05) is 47.4 Å². The number of fused-ring (bicyclic) bond motifs is 1. The summed E-state index contributed by atoms with van der Waals surface area (Å²) in [5.74, 6) is 0.00640. The number of aromatic nitrogens is 2. The number of hydrogen-bond donors (Lipinski definition) is 0. The molecule has 4 rings (SSSR count). The number of nitrogens with zero attached hydrogens (tertiary/aromatic N) is 4. The molecule has 2 heterocycles. The Balaban J connectivity index is 1.55. The largest absolute Gasteiger partial charge is 0.330 e. The molecule has 1 aliphatic rings. The molecule has 0 N–H and O–H groups in total. The number of hydrogen-bond acceptors (Lipinski definition) is 4. The summed E-state index contributed by atoms with van der Waals surface area (Å²) in [6.45, 7) is 2.42. The second kappa shape index (κ2) is 7.68. The van der Waals surface area contributed by atoms with E-state index < -0.39 is 0 Å². The van der Waals surface area contributed by atoms with Crippen molar-refractivity contribution >= 4 is 23.0 Å². The lowest BCUT2D eigenvalue weighted by Crippen LogP contribution is -2.48. The topological polar surface area (TPSA) is 49.3 Å². The van der Waals surface area contributed by atoms with Crippen molar-refractivity contribution < 1.29 is 4.79 Å². The van der Waals surface area contributed by atoms with Gasteiger partial charge in [-0.25, -0.2) is 4.98 Å².